The third-order valence-electron chi connectivity index (χ3n) is 7.15. The Kier molecular flexibility index (Phi) is 10.7. The van der Waals surface area contributed by atoms with E-state index >= 15 is 0 Å². The van der Waals surface area contributed by atoms with Crippen LogP contribution in [-0.4, -0.2) is 45.9 Å². The first-order chi connectivity index (χ1) is 17.3. The van der Waals surface area contributed by atoms with Crippen molar-refractivity contribution >= 4 is 29.1 Å². The van der Waals surface area contributed by atoms with E-state index in [4.69, 9.17) is 0 Å². The zero-order chi connectivity index (χ0) is 27.8. The van der Waals surface area contributed by atoms with Crippen LogP contribution in [0.5, 0.6) is 0 Å². The Hall–Kier alpha value is -2.93. The Bertz CT molecular complexity index is 1060. The molecule has 0 unspecified atom stereocenters. The zero-order valence-electron chi connectivity index (χ0n) is 22.5. The van der Waals surface area contributed by atoms with Crippen molar-refractivity contribution in [3.8, 4) is 0 Å². The van der Waals surface area contributed by atoms with Gasteiger partial charge in [-0.25, -0.2) is 0 Å². The predicted molar refractivity (Wildman–Crippen MR) is 141 cm³/mol. The number of unbranched alkanes of at least 4 members (excludes halogenated alkanes) is 2. The largest absolute Gasteiger partial charge is 0.481 e. The molecule has 0 amide bonds. The number of hydrogen-bond acceptors (Lipinski definition) is 6. The summed E-state index contributed by atoms with van der Waals surface area (Å²) >= 11 is 0. The van der Waals surface area contributed by atoms with E-state index in [-0.39, 0.29) is 48.0 Å². The summed E-state index contributed by atoms with van der Waals surface area (Å²) < 4.78 is 0. The quantitative estimate of drug-likeness (QED) is 0.233. The number of aliphatic carboxylic acids is 1. The van der Waals surface area contributed by atoms with Gasteiger partial charge < -0.3 is 10.2 Å². The lowest BCUT2D eigenvalue weighted by Gasteiger charge is -2.21. The summed E-state index contributed by atoms with van der Waals surface area (Å²) in [5, 5.41) is 18.6. The molecule has 0 aliphatic heterocycles. The van der Waals surface area contributed by atoms with Crippen LogP contribution in [0.3, 0.4) is 0 Å². The number of aliphatic hydroxyl groups is 1. The summed E-state index contributed by atoms with van der Waals surface area (Å²) in [5.74, 6) is -1.80. The monoisotopic (exact) mass is 512 g/mol. The van der Waals surface area contributed by atoms with Crippen molar-refractivity contribution in [1.82, 2.24) is 0 Å². The van der Waals surface area contributed by atoms with Crippen molar-refractivity contribution in [1.29, 1.82) is 0 Å². The maximum atomic E-state index is 13.0. The number of allylic oxidation sites excluding steroid dienone is 8. The van der Waals surface area contributed by atoms with Crippen LogP contribution in [0, 0.1) is 10.8 Å². The van der Waals surface area contributed by atoms with Crippen LogP contribution in [0.2, 0.25) is 0 Å². The van der Waals surface area contributed by atoms with Gasteiger partial charge in [-0.15, -0.1) is 0 Å². The van der Waals surface area contributed by atoms with E-state index in [2.05, 4.69) is 0 Å². The maximum Gasteiger partial charge on any atom is 0.309 e. The zero-order valence-corrected chi connectivity index (χ0v) is 22.5. The lowest BCUT2D eigenvalue weighted by molar-refractivity contribution is -0.147. The number of ketones is 4. The molecule has 0 bridgehead atoms. The van der Waals surface area contributed by atoms with Crippen LogP contribution in [0.4, 0.5) is 0 Å². The van der Waals surface area contributed by atoms with E-state index in [1.165, 1.54) is 24.3 Å². The second-order valence-corrected chi connectivity index (χ2v) is 11.6. The Labute approximate surface area is 219 Å². The highest BCUT2D eigenvalue weighted by Crippen LogP contribution is 2.29. The van der Waals surface area contributed by atoms with Crippen molar-refractivity contribution in [2.24, 2.45) is 10.8 Å². The first-order valence-corrected chi connectivity index (χ1v) is 13.1. The molecule has 7 nitrogen and oxygen atoms in total. The van der Waals surface area contributed by atoms with E-state index in [1.54, 1.807) is 13.8 Å². The predicted octanol–water partition coefficient (Wildman–Crippen LogP) is 5.03. The third kappa shape index (κ3) is 9.15. The van der Waals surface area contributed by atoms with Crippen molar-refractivity contribution in [3.05, 3.63) is 46.6 Å². The standard InChI is InChI=1S/C30H40O7/c1-29(2,19-31)13-7-5-9-20-15-24(32)17-22(26(20)34)11-12-23-18-25(33)16-21(27(23)35)10-6-8-14-30(3,4)28(36)37/h15-18,31H,5-14,19H2,1-4H3,(H,36,37). The molecule has 202 valence electrons. The van der Waals surface area contributed by atoms with Crippen molar-refractivity contribution in [3.63, 3.8) is 0 Å². The molecule has 0 fully saturated rings. The highest BCUT2D eigenvalue weighted by Gasteiger charge is 2.28. The van der Waals surface area contributed by atoms with Crippen LogP contribution >= 0.6 is 0 Å². The first kappa shape index (κ1) is 30.3. The second-order valence-electron chi connectivity index (χ2n) is 11.6. The van der Waals surface area contributed by atoms with Crippen molar-refractivity contribution in [2.45, 2.75) is 91.9 Å². The van der Waals surface area contributed by atoms with Crippen LogP contribution in [0.25, 0.3) is 0 Å². The van der Waals surface area contributed by atoms with Gasteiger partial charge in [-0.2, -0.15) is 0 Å². The molecule has 0 heterocycles. The molecule has 0 spiro atoms. The van der Waals surface area contributed by atoms with Crippen molar-refractivity contribution in [2.75, 3.05) is 6.61 Å². The molecule has 0 atom stereocenters. The fraction of sp³-hybridized carbons (Fsp3) is 0.567. The molecule has 7 heteroatoms. The number of Topliss-reactive ketones (excluding diaryl/α,β-unsaturated/α-hetero) is 2. The SMILES string of the molecule is CC(C)(CO)CCCCC1=CC(=O)C=C(CCC2=CC(=O)C=C(CCCCC(C)(C)C(=O)O)C2=O)C1=O. The summed E-state index contributed by atoms with van der Waals surface area (Å²) in [6, 6.07) is 0. The maximum absolute atomic E-state index is 13.0. The Morgan fingerprint density at radius 3 is 1.41 bits per heavy atom. The van der Waals surface area contributed by atoms with Gasteiger partial charge in [0.2, 0.25) is 0 Å². The Balaban J connectivity index is 1.90. The molecule has 0 radical (unpaired) electrons. The Morgan fingerprint density at radius 2 is 1.03 bits per heavy atom. The summed E-state index contributed by atoms with van der Waals surface area (Å²) in [7, 11) is 0. The minimum Gasteiger partial charge on any atom is -0.481 e. The molecule has 0 aromatic carbocycles. The van der Waals surface area contributed by atoms with Gasteiger partial charge in [0.25, 0.3) is 0 Å². The molecule has 2 aliphatic carbocycles. The molecule has 2 aliphatic rings. The molecule has 0 aromatic rings. The fourth-order valence-electron chi connectivity index (χ4n) is 4.44. The molecule has 37 heavy (non-hydrogen) atoms. The molecule has 0 aromatic heterocycles. The minimum atomic E-state index is -0.866. The smallest absolute Gasteiger partial charge is 0.309 e. The summed E-state index contributed by atoms with van der Waals surface area (Å²) in [6.45, 7) is 7.38. The third-order valence-corrected chi connectivity index (χ3v) is 7.15. The fourth-order valence-corrected chi connectivity index (χ4v) is 4.44. The number of carboxylic acids is 1. The molecule has 0 saturated carbocycles. The molecule has 2 N–H and O–H groups in total. The molecule has 0 saturated heterocycles. The highest BCUT2D eigenvalue weighted by atomic mass is 16.4. The van der Waals surface area contributed by atoms with Crippen molar-refractivity contribution < 1.29 is 34.2 Å². The second kappa shape index (κ2) is 13.0. The lowest BCUT2D eigenvalue weighted by Crippen LogP contribution is -2.23. The molecular weight excluding hydrogens is 472 g/mol. The van der Waals surface area contributed by atoms with Gasteiger partial charge in [-0.05, 0) is 94.9 Å². The number of hydrogen-bond donors (Lipinski definition) is 2. The number of carboxylic acid groups (broad SMARTS) is 1. The Morgan fingerprint density at radius 1 is 0.649 bits per heavy atom. The summed E-state index contributed by atoms with van der Waals surface area (Å²) in [4.78, 5) is 61.6. The van der Waals surface area contributed by atoms with Crippen LogP contribution in [0.1, 0.15) is 91.9 Å². The summed E-state index contributed by atoms with van der Waals surface area (Å²) in [5.41, 5.74) is 0.540. The normalized spacial score (nSPS) is 16.9. The molecular formula is C30H40O7. The average Bonchev–Trinajstić information content (AvgIpc) is 2.82. The van der Waals surface area contributed by atoms with Crippen LogP contribution in [0.15, 0.2) is 46.6 Å². The first-order valence-electron chi connectivity index (χ1n) is 13.1. The topological polar surface area (TPSA) is 126 Å². The average molecular weight is 513 g/mol. The van der Waals surface area contributed by atoms with Gasteiger partial charge >= 0.3 is 5.97 Å². The van der Waals surface area contributed by atoms with E-state index in [1.807, 2.05) is 13.8 Å². The van der Waals surface area contributed by atoms with E-state index < -0.39 is 11.4 Å². The van der Waals surface area contributed by atoms with E-state index in [9.17, 15) is 34.2 Å². The van der Waals surface area contributed by atoms with Gasteiger partial charge in [0.15, 0.2) is 23.1 Å². The lowest BCUT2D eigenvalue weighted by atomic mass is 9.84. The van der Waals surface area contributed by atoms with Gasteiger partial charge in [0, 0.05) is 28.9 Å². The van der Waals surface area contributed by atoms with Crippen LogP contribution < -0.4 is 0 Å². The van der Waals surface area contributed by atoms with Gasteiger partial charge in [0.1, 0.15) is 0 Å². The molecule has 2 rings (SSSR count). The van der Waals surface area contributed by atoms with Gasteiger partial charge in [-0.1, -0.05) is 26.7 Å². The van der Waals surface area contributed by atoms with Gasteiger partial charge in [0.05, 0.1) is 5.41 Å². The minimum absolute atomic E-state index is 0.0941. The van der Waals surface area contributed by atoms with E-state index in [0.29, 0.717) is 54.4 Å². The number of carbonyl (C=O) groups excluding carboxylic acids is 4. The van der Waals surface area contributed by atoms with Gasteiger partial charge in [-0.3, -0.25) is 24.0 Å². The van der Waals surface area contributed by atoms with E-state index in [0.717, 1.165) is 19.3 Å². The number of carbonyl (C=O) groups is 5. The highest BCUT2D eigenvalue weighted by molar-refractivity contribution is 6.21. The number of aliphatic hydroxyl groups excluding tert-OH is 1. The summed E-state index contributed by atoms with van der Waals surface area (Å²) in [6.07, 6.45) is 10.7. The van der Waals surface area contributed by atoms with Crippen LogP contribution in [-0.2, 0) is 24.0 Å². The number of rotatable bonds is 15.